The van der Waals surface area contributed by atoms with Gasteiger partial charge in [0, 0.05) is 12.3 Å². The first-order chi connectivity index (χ1) is 13.2. The standard InChI is InChI=1S/C21H21NO5/c23-20(9-11-25-13-15-4-3-10-26-15)22-14-7-8-19-17(12-14)21(24)16-5-1-2-6-18(16)27-19/h1-2,5-8,12,15H,3-4,9-11,13H2,(H,22,23)/t15-/m0/s1. The van der Waals surface area contributed by atoms with E-state index in [1.165, 1.54) is 0 Å². The average Bonchev–Trinajstić information content (AvgIpc) is 3.20. The molecule has 140 valence electrons. The minimum Gasteiger partial charge on any atom is -0.456 e. The fourth-order valence-electron chi connectivity index (χ4n) is 3.26. The number of amides is 1. The summed E-state index contributed by atoms with van der Waals surface area (Å²) in [6.07, 6.45) is 2.49. The number of ether oxygens (including phenoxy) is 2. The number of anilines is 1. The molecule has 0 spiro atoms. The van der Waals surface area contributed by atoms with Gasteiger partial charge in [0.2, 0.25) is 11.3 Å². The van der Waals surface area contributed by atoms with Gasteiger partial charge in [-0.2, -0.15) is 0 Å². The lowest BCUT2D eigenvalue weighted by atomic mass is 10.1. The smallest absolute Gasteiger partial charge is 0.226 e. The Hall–Kier alpha value is -2.70. The molecule has 1 aliphatic heterocycles. The Morgan fingerprint density at radius 3 is 2.85 bits per heavy atom. The lowest BCUT2D eigenvalue weighted by Crippen LogP contribution is -2.18. The zero-order valence-electron chi connectivity index (χ0n) is 14.9. The van der Waals surface area contributed by atoms with Crippen LogP contribution in [0.5, 0.6) is 0 Å². The maximum Gasteiger partial charge on any atom is 0.226 e. The number of carbonyl (C=O) groups is 1. The molecule has 1 saturated heterocycles. The van der Waals surface area contributed by atoms with Crippen molar-refractivity contribution in [3.63, 3.8) is 0 Å². The van der Waals surface area contributed by atoms with Crippen molar-refractivity contribution in [1.82, 2.24) is 0 Å². The first-order valence-corrected chi connectivity index (χ1v) is 9.15. The predicted octanol–water partition coefficient (Wildman–Crippen LogP) is 3.47. The van der Waals surface area contributed by atoms with Crippen LogP contribution < -0.4 is 10.7 Å². The fourth-order valence-corrected chi connectivity index (χ4v) is 3.26. The minimum atomic E-state index is -0.160. The normalized spacial score (nSPS) is 16.8. The summed E-state index contributed by atoms with van der Waals surface area (Å²) in [5, 5.41) is 3.78. The summed E-state index contributed by atoms with van der Waals surface area (Å²) in [7, 11) is 0. The Bertz CT molecular complexity index is 1020. The quantitative estimate of drug-likeness (QED) is 0.533. The molecular weight excluding hydrogens is 346 g/mol. The van der Waals surface area contributed by atoms with Gasteiger partial charge in [-0.1, -0.05) is 12.1 Å². The van der Waals surface area contributed by atoms with Gasteiger partial charge in [0.25, 0.3) is 0 Å². The maximum atomic E-state index is 12.7. The van der Waals surface area contributed by atoms with E-state index in [9.17, 15) is 9.59 Å². The van der Waals surface area contributed by atoms with Gasteiger partial charge in [0.05, 0.1) is 36.5 Å². The van der Waals surface area contributed by atoms with Gasteiger partial charge in [0.1, 0.15) is 11.2 Å². The molecule has 0 bridgehead atoms. The van der Waals surface area contributed by atoms with Crippen LogP contribution in [-0.2, 0) is 14.3 Å². The first kappa shape index (κ1) is 17.7. The molecule has 1 aromatic heterocycles. The van der Waals surface area contributed by atoms with Crippen molar-refractivity contribution in [2.24, 2.45) is 0 Å². The minimum absolute atomic E-state index is 0.108. The molecule has 2 aromatic carbocycles. The summed E-state index contributed by atoms with van der Waals surface area (Å²) in [6, 6.07) is 12.2. The van der Waals surface area contributed by atoms with Gasteiger partial charge < -0.3 is 19.2 Å². The fraction of sp³-hybridized carbons (Fsp3) is 0.333. The number of para-hydroxylation sites is 1. The van der Waals surface area contributed by atoms with Crippen molar-refractivity contribution in [2.75, 3.05) is 25.1 Å². The molecule has 4 rings (SSSR count). The highest BCUT2D eigenvalue weighted by Gasteiger charge is 2.15. The van der Waals surface area contributed by atoms with E-state index < -0.39 is 0 Å². The average molecular weight is 367 g/mol. The maximum absolute atomic E-state index is 12.7. The van der Waals surface area contributed by atoms with Crippen LogP contribution in [0.3, 0.4) is 0 Å². The predicted molar refractivity (Wildman–Crippen MR) is 103 cm³/mol. The Morgan fingerprint density at radius 2 is 2.00 bits per heavy atom. The third-order valence-corrected chi connectivity index (χ3v) is 4.66. The summed E-state index contributed by atoms with van der Waals surface area (Å²) < 4.78 is 16.8. The number of hydrogen-bond acceptors (Lipinski definition) is 5. The van der Waals surface area contributed by atoms with Gasteiger partial charge in [-0.3, -0.25) is 9.59 Å². The third-order valence-electron chi connectivity index (χ3n) is 4.66. The number of benzene rings is 2. The van der Waals surface area contributed by atoms with Gasteiger partial charge in [-0.15, -0.1) is 0 Å². The summed E-state index contributed by atoms with van der Waals surface area (Å²) in [4.78, 5) is 24.8. The molecule has 6 heteroatoms. The summed E-state index contributed by atoms with van der Waals surface area (Å²) in [5.41, 5.74) is 1.50. The second kappa shape index (κ2) is 7.90. The molecule has 2 heterocycles. The zero-order valence-corrected chi connectivity index (χ0v) is 14.9. The molecule has 0 unspecified atom stereocenters. The molecule has 1 aliphatic rings. The van der Waals surface area contributed by atoms with Gasteiger partial charge >= 0.3 is 0 Å². The molecule has 1 atom stereocenters. The molecule has 1 amide bonds. The highest BCUT2D eigenvalue weighted by molar-refractivity contribution is 5.95. The van der Waals surface area contributed by atoms with Crippen LogP contribution in [0.1, 0.15) is 19.3 Å². The Kier molecular flexibility index (Phi) is 5.18. The number of nitrogens with one attached hydrogen (secondary N) is 1. The SMILES string of the molecule is O=C(CCOC[C@@H]1CCCO1)Nc1ccc2oc3ccccc3c(=O)c2c1. The second-order valence-corrected chi connectivity index (χ2v) is 6.65. The Balaban J connectivity index is 1.41. The largest absolute Gasteiger partial charge is 0.456 e. The van der Waals surface area contributed by atoms with Crippen molar-refractivity contribution in [3.8, 4) is 0 Å². The molecule has 3 aromatic rings. The second-order valence-electron chi connectivity index (χ2n) is 6.65. The van der Waals surface area contributed by atoms with Gasteiger partial charge in [0.15, 0.2) is 0 Å². The zero-order chi connectivity index (χ0) is 18.6. The number of rotatable bonds is 6. The summed E-state index contributed by atoms with van der Waals surface area (Å²) in [6.45, 7) is 1.66. The van der Waals surface area contributed by atoms with E-state index in [2.05, 4.69) is 5.32 Å². The molecular formula is C21H21NO5. The molecule has 0 radical (unpaired) electrons. The number of hydrogen-bond donors (Lipinski definition) is 1. The third kappa shape index (κ3) is 4.02. The van der Waals surface area contributed by atoms with Crippen molar-refractivity contribution in [1.29, 1.82) is 0 Å². The van der Waals surface area contributed by atoms with E-state index in [0.717, 1.165) is 19.4 Å². The van der Waals surface area contributed by atoms with Crippen molar-refractivity contribution < 1.29 is 18.7 Å². The van der Waals surface area contributed by atoms with E-state index in [1.807, 2.05) is 6.07 Å². The summed E-state index contributed by atoms with van der Waals surface area (Å²) >= 11 is 0. The molecule has 6 nitrogen and oxygen atoms in total. The summed E-state index contributed by atoms with van der Waals surface area (Å²) in [5.74, 6) is -0.160. The van der Waals surface area contributed by atoms with Crippen molar-refractivity contribution in [2.45, 2.75) is 25.4 Å². The van der Waals surface area contributed by atoms with E-state index in [0.29, 0.717) is 40.8 Å². The molecule has 1 N–H and O–H groups in total. The van der Waals surface area contributed by atoms with Crippen LogP contribution in [0, 0.1) is 0 Å². The molecule has 27 heavy (non-hydrogen) atoms. The molecule has 0 aliphatic carbocycles. The van der Waals surface area contributed by atoms with Crippen LogP contribution in [0.2, 0.25) is 0 Å². The Labute approximate surface area is 156 Å². The Morgan fingerprint density at radius 1 is 1.15 bits per heavy atom. The van der Waals surface area contributed by atoms with E-state index >= 15 is 0 Å². The highest BCUT2D eigenvalue weighted by atomic mass is 16.5. The van der Waals surface area contributed by atoms with E-state index in [4.69, 9.17) is 13.9 Å². The van der Waals surface area contributed by atoms with Crippen molar-refractivity contribution in [3.05, 3.63) is 52.7 Å². The lowest BCUT2D eigenvalue weighted by molar-refractivity contribution is -0.117. The lowest BCUT2D eigenvalue weighted by Gasteiger charge is -2.10. The molecule has 1 fully saturated rings. The van der Waals surface area contributed by atoms with Crippen LogP contribution in [0.25, 0.3) is 21.9 Å². The van der Waals surface area contributed by atoms with Crippen molar-refractivity contribution >= 4 is 33.5 Å². The van der Waals surface area contributed by atoms with Crippen LogP contribution in [-0.4, -0.2) is 31.8 Å². The van der Waals surface area contributed by atoms with Gasteiger partial charge in [-0.25, -0.2) is 0 Å². The van der Waals surface area contributed by atoms with Crippen LogP contribution in [0.4, 0.5) is 5.69 Å². The van der Waals surface area contributed by atoms with E-state index in [-0.39, 0.29) is 23.9 Å². The monoisotopic (exact) mass is 367 g/mol. The number of fused-ring (bicyclic) bond motifs is 2. The first-order valence-electron chi connectivity index (χ1n) is 9.15. The van der Waals surface area contributed by atoms with Gasteiger partial charge in [-0.05, 0) is 43.2 Å². The highest BCUT2D eigenvalue weighted by Crippen LogP contribution is 2.21. The molecule has 0 saturated carbocycles. The number of carbonyl (C=O) groups excluding carboxylic acids is 1. The topological polar surface area (TPSA) is 77.8 Å². The van der Waals surface area contributed by atoms with Crippen LogP contribution in [0.15, 0.2) is 51.7 Å². The van der Waals surface area contributed by atoms with Crippen LogP contribution >= 0.6 is 0 Å². The van der Waals surface area contributed by atoms with E-state index in [1.54, 1.807) is 36.4 Å².